The van der Waals surface area contributed by atoms with Gasteiger partial charge in [0, 0.05) is 20.6 Å². The van der Waals surface area contributed by atoms with Crippen LogP contribution in [-0.2, 0) is 14.3 Å². The molecular formula is C22H23IN2O4S. The summed E-state index contributed by atoms with van der Waals surface area (Å²) in [6, 6.07) is 7.30. The maximum Gasteiger partial charge on any atom is 0.329 e. The average molecular weight is 538 g/mol. The van der Waals surface area contributed by atoms with Gasteiger partial charge < -0.3 is 9.30 Å². The molecule has 0 N–H and O–H groups in total. The van der Waals surface area contributed by atoms with Crippen molar-refractivity contribution in [3.8, 4) is 5.69 Å². The maximum atomic E-state index is 12.8. The van der Waals surface area contributed by atoms with Crippen molar-refractivity contribution in [1.82, 2.24) is 9.47 Å². The summed E-state index contributed by atoms with van der Waals surface area (Å²) in [4.78, 5) is 38.5. The number of carbonyl (C=O) groups is 3. The van der Waals surface area contributed by atoms with Crippen LogP contribution in [0.15, 0.2) is 29.2 Å². The fourth-order valence-corrected chi connectivity index (χ4v) is 4.66. The molecule has 2 aromatic rings. The number of halogens is 1. The van der Waals surface area contributed by atoms with Gasteiger partial charge in [0.25, 0.3) is 11.1 Å². The molecule has 0 bridgehead atoms. The molecule has 0 aliphatic carbocycles. The Labute approximate surface area is 193 Å². The van der Waals surface area contributed by atoms with Crippen molar-refractivity contribution in [1.29, 1.82) is 0 Å². The van der Waals surface area contributed by atoms with Gasteiger partial charge in [-0.1, -0.05) is 0 Å². The first-order valence-electron chi connectivity index (χ1n) is 9.54. The molecule has 0 radical (unpaired) electrons. The molecule has 158 valence electrons. The number of imide groups is 1. The maximum absolute atomic E-state index is 12.8. The van der Waals surface area contributed by atoms with E-state index >= 15 is 0 Å². The van der Waals surface area contributed by atoms with Crippen molar-refractivity contribution >= 4 is 57.5 Å². The van der Waals surface area contributed by atoms with Gasteiger partial charge in [0.15, 0.2) is 0 Å². The van der Waals surface area contributed by atoms with Crippen molar-refractivity contribution in [2.75, 3.05) is 6.61 Å². The van der Waals surface area contributed by atoms with E-state index in [2.05, 4.69) is 52.3 Å². The summed E-state index contributed by atoms with van der Waals surface area (Å²) in [6.45, 7) is 9.44. The van der Waals surface area contributed by atoms with E-state index in [0.717, 1.165) is 39.3 Å². The SMILES string of the molecule is CCOC(=O)[C@H](C)N1C(=O)S/C(=C\c2cc(C)n(-c3ccc(I)c(C)c3)c2C)C1=O. The summed E-state index contributed by atoms with van der Waals surface area (Å²) in [5.74, 6) is -1.06. The Hall–Kier alpha value is -2.07. The summed E-state index contributed by atoms with van der Waals surface area (Å²) >= 11 is 3.15. The minimum Gasteiger partial charge on any atom is -0.464 e. The highest BCUT2D eigenvalue weighted by Gasteiger charge is 2.41. The number of aryl methyl sites for hydroxylation is 2. The topological polar surface area (TPSA) is 68.6 Å². The van der Waals surface area contributed by atoms with E-state index in [9.17, 15) is 14.4 Å². The smallest absolute Gasteiger partial charge is 0.329 e. The summed E-state index contributed by atoms with van der Waals surface area (Å²) in [6.07, 6.45) is 1.72. The Morgan fingerprint density at radius 3 is 2.57 bits per heavy atom. The third-order valence-corrected chi connectivity index (χ3v) is 7.09. The molecule has 6 nitrogen and oxygen atoms in total. The Bertz CT molecular complexity index is 1070. The van der Waals surface area contributed by atoms with Gasteiger partial charge >= 0.3 is 5.97 Å². The second-order valence-electron chi connectivity index (χ2n) is 7.08. The molecule has 30 heavy (non-hydrogen) atoms. The van der Waals surface area contributed by atoms with Gasteiger partial charge in [0.2, 0.25) is 0 Å². The molecule has 1 aliphatic heterocycles. The van der Waals surface area contributed by atoms with Crippen LogP contribution in [0.1, 0.15) is 36.4 Å². The van der Waals surface area contributed by atoms with E-state index in [1.54, 1.807) is 13.0 Å². The lowest BCUT2D eigenvalue weighted by Crippen LogP contribution is -2.42. The number of amides is 2. The fraction of sp³-hybridized carbons (Fsp3) is 0.318. The molecule has 1 aliphatic rings. The van der Waals surface area contributed by atoms with Crippen molar-refractivity contribution in [2.24, 2.45) is 0 Å². The molecule has 3 rings (SSSR count). The van der Waals surface area contributed by atoms with Crippen LogP contribution in [0.2, 0.25) is 0 Å². The molecule has 8 heteroatoms. The molecule has 1 aromatic carbocycles. The first-order valence-corrected chi connectivity index (χ1v) is 11.4. The highest BCUT2D eigenvalue weighted by molar-refractivity contribution is 14.1. The zero-order chi connectivity index (χ0) is 22.2. The molecular weight excluding hydrogens is 515 g/mol. The largest absolute Gasteiger partial charge is 0.464 e. The average Bonchev–Trinajstić information content (AvgIpc) is 3.12. The number of esters is 1. The number of ether oxygens (including phenoxy) is 1. The van der Waals surface area contributed by atoms with E-state index in [1.807, 2.05) is 19.9 Å². The monoisotopic (exact) mass is 538 g/mol. The first kappa shape index (κ1) is 22.6. The number of benzene rings is 1. The number of hydrogen-bond donors (Lipinski definition) is 0. The molecule has 0 spiro atoms. The zero-order valence-electron chi connectivity index (χ0n) is 17.5. The van der Waals surface area contributed by atoms with Crippen LogP contribution < -0.4 is 0 Å². The summed E-state index contributed by atoms with van der Waals surface area (Å²) < 4.78 is 8.28. The Kier molecular flexibility index (Phi) is 6.76. The van der Waals surface area contributed by atoms with Gasteiger partial charge in [-0.25, -0.2) is 4.79 Å². The fourth-order valence-electron chi connectivity index (χ4n) is 3.42. The minimum absolute atomic E-state index is 0.194. The molecule has 2 heterocycles. The van der Waals surface area contributed by atoms with Gasteiger partial charge in [-0.3, -0.25) is 14.5 Å². The Balaban J connectivity index is 1.94. The second kappa shape index (κ2) is 8.97. The number of thioether (sulfide) groups is 1. The number of rotatable bonds is 5. The van der Waals surface area contributed by atoms with Gasteiger partial charge in [-0.05, 0) is 110 Å². The van der Waals surface area contributed by atoms with E-state index < -0.39 is 23.2 Å². The molecule has 0 saturated carbocycles. The number of carbonyl (C=O) groups excluding carboxylic acids is 3. The predicted octanol–water partition coefficient (Wildman–Crippen LogP) is 5.00. The molecule has 2 amide bonds. The van der Waals surface area contributed by atoms with E-state index in [-0.39, 0.29) is 6.61 Å². The van der Waals surface area contributed by atoms with E-state index in [0.29, 0.717) is 4.91 Å². The van der Waals surface area contributed by atoms with E-state index in [1.165, 1.54) is 16.1 Å². The van der Waals surface area contributed by atoms with Crippen LogP contribution in [0.25, 0.3) is 11.8 Å². The normalized spacial score (nSPS) is 16.5. The molecule has 0 unspecified atom stereocenters. The van der Waals surface area contributed by atoms with Crippen LogP contribution in [0.4, 0.5) is 4.79 Å². The molecule has 1 fully saturated rings. The van der Waals surface area contributed by atoms with Crippen LogP contribution in [0.5, 0.6) is 0 Å². The van der Waals surface area contributed by atoms with Crippen molar-refractivity contribution < 1.29 is 19.1 Å². The van der Waals surface area contributed by atoms with Gasteiger partial charge in [0.05, 0.1) is 11.5 Å². The highest BCUT2D eigenvalue weighted by Crippen LogP contribution is 2.35. The lowest BCUT2D eigenvalue weighted by molar-refractivity contribution is -0.150. The lowest BCUT2D eigenvalue weighted by Gasteiger charge is -2.19. The summed E-state index contributed by atoms with van der Waals surface area (Å²) in [5.41, 5.74) is 5.10. The predicted molar refractivity (Wildman–Crippen MR) is 127 cm³/mol. The van der Waals surface area contributed by atoms with Crippen LogP contribution in [-0.4, -0.2) is 39.2 Å². The van der Waals surface area contributed by atoms with E-state index in [4.69, 9.17) is 4.74 Å². The molecule has 1 saturated heterocycles. The Morgan fingerprint density at radius 1 is 1.23 bits per heavy atom. The van der Waals surface area contributed by atoms with Gasteiger partial charge in [0.1, 0.15) is 6.04 Å². The Morgan fingerprint density at radius 2 is 1.93 bits per heavy atom. The van der Waals surface area contributed by atoms with Gasteiger partial charge in [-0.2, -0.15) is 0 Å². The number of hydrogen-bond acceptors (Lipinski definition) is 5. The molecule has 1 aromatic heterocycles. The third kappa shape index (κ3) is 4.20. The first-order chi connectivity index (χ1) is 14.1. The van der Waals surface area contributed by atoms with Crippen LogP contribution >= 0.6 is 34.4 Å². The standard InChI is InChI=1S/C22H23IN2O4S/c1-6-29-21(27)15(5)25-20(26)19(30-22(25)28)11-16-10-13(3)24(14(16)4)17-7-8-18(23)12(2)9-17/h7-11,15H,6H2,1-5H3/b19-11-/t15-/m0/s1. The van der Waals surface area contributed by atoms with Crippen molar-refractivity contribution in [3.63, 3.8) is 0 Å². The lowest BCUT2D eigenvalue weighted by atomic mass is 10.2. The molecule has 1 atom stereocenters. The van der Waals surface area contributed by atoms with Crippen molar-refractivity contribution in [2.45, 2.75) is 40.7 Å². The number of aromatic nitrogens is 1. The summed E-state index contributed by atoms with van der Waals surface area (Å²) in [7, 11) is 0. The van der Waals surface area contributed by atoms with Gasteiger partial charge in [-0.15, -0.1) is 0 Å². The summed E-state index contributed by atoms with van der Waals surface area (Å²) in [5, 5.41) is -0.464. The van der Waals surface area contributed by atoms with Crippen LogP contribution in [0, 0.1) is 24.3 Å². The quantitative estimate of drug-likeness (QED) is 0.305. The minimum atomic E-state index is -0.953. The third-order valence-electron chi connectivity index (χ3n) is 5.00. The highest BCUT2D eigenvalue weighted by atomic mass is 127. The van der Waals surface area contributed by atoms with Crippen molar-refractivity contribution in [3.05, 3.63) is 55.3 Å². The second-order valence-corrected chi connectivity index (χ2v) is 9.23. The zero-order valence-corrected chi connectivity index (χ0v) is 20.5. The number of nitrogens with zero attached hydrogens (tertiary/aromatic N) is 2. The van der Waals surface area contributed by atoms with Crippen LogP contribution in [0.3, 0.4) is 0 Å².